The smallest absolute Gasteiger partial charge is 0.253 e. The van der Waals surface area contributed by atoms with Crippen LogP contribution in [0.2, 0.25) is 0 Å². The van der Waals surface area contributed by atoms with Crippen molar-refractivity contribution >= 4 is 11.6 Å². The first-order valence-electron chi connectivity index (χ1n) is 6.29. The van der Waals surface area contributed by atoms with Gasteiger partial charge < -0.3 is 11.1 Å². The average molecular weight is 255 g/mol. The minimum atomic E-state index is -0.145. The van der Waals surface area contributed by atoms with Crippen LogP contribution in [0.3, 0.4) is 0 Å². The maximum absolute atomic E-state index is 11.9. The molecule has 0 aliphatic rings. The molecule has 1 amide bonds. The molecule has 0 aliphatic heterocycles. The first-order chi connectivity index (χ1) is 9.27. The average Bonchev–Trinajstić information content (AvgIpc) is 2.45. The number of aromatic nitrogens is 1. The monoisotopic (exact) mass is 255 g/mol. The molecule has 0 aliphatic carbocycles. The SMILES string of the molecule is Nc1cnccc1C(=O)NCCCc1ccccc1. The summed E-state index contributed by atoms with van der Waals surface area (Å²) in [6.07, 6.45) is 4.90. The van der Waals surface area contributed by atoms with Gasteiger partial charge in [-0.25, -0.2) is 0 Å². The van der Waals surface area contributed by atoms with E-state index in [-0.39, 0.29) is 5.91 Å². The summed E-state index contributed by atoms with van der Waals surface area (Å²) in [7, 11) is 0. The van der Waals surface area contributed by atoms with Crippen LogP contribution in [0, 0.1) is 0 Å². The van der Waals surface area contributed by atoms with Crippen molar-refractivity contribution in [3.8, 4) is 0 Å². The summed E-state index contributed by atoms with van der Waals surface area (Å²) in [5, 5.41) is 2.86. The molecule has 19 heavy (non-hydrogen) atoms. The van der Waals surface area contributed by atoms with Gasteiger partial charge in [-0.2, -0.15) is 0 Å². The lowest BCUT2D eigenvalue weighted by Gasteiger charge is -2.07. The van der Waals surface area contributed by atoms with Crippen molar-refractivity contribution in [3.63, 3.8) is 0 Å². The molecule has 98 valence electrons. The number of nitrogen functional groups attached to an aromatic ring is 1. The van der Waals surface area contributed by atoms with Gasteiger partial charge >= 0.3 is 0 Å². The molecule has 0 radical (unpaired) electrons. The normalized spacial score (nSPS) is 10.1. The highest BCUT2D eigenvalue weighted by molar-refractivity contribution is 5.98. The molecule has 2 aromatic rings. The second-order valence-corrected chi connectivity index (χ2v) is 4.31. The Labute approximate surface area is 112 Å². The quantitative estimate of drug-likeness (QED) is 0.803. The fourth-order valence-electron chi connectivity index (χ4n) is 1.85. The van der Waals surface area contributed by atoms with E-state index < -0.39 is 0 Å². The van der Waals surface area contributed by atoms with E-state index in [1.807, 2.05) is 18.2 Å². The summed E-state index contributed by atoms with van der Waals surface area (Å²) in [5.41, 5.74) is 7.86. The van der Waals surface area contributed by atoms with Crippen molar-refractivity contribution in [2.45, 2.75) is 12.8 Å². The van der Waals surface area contributed by atoms with E-state index in [1.165, 1.54) is 11.8 Å². The van der Waals surface area contributed by atoms with Gasteiger partial charge in [0, 0.05) is 12.7 Å². The third-order valence-electron chi connectivity index (χ3n) is 2.87. The van der Waals surface area contributed by atoms with Crippen LogP contribution < -0.4 is 11.1 Å². The summed E-state index contributed by atoms with van der Waals surface area (Å²) in [4.78, 5) is 15.7. The number of hydrogen-bond donors (Lipinski definition) is 2. The molecule has 1 aromatic heterocycles. The van der Waals surface area contributed by atoms with Crippen LogP contribution in [0.1, 0.15) is 22.3 Å². The van der Waals surface area contributed by atoms with E-state index in [9.17, 15) is 4.79 Å². The fourth-order valence-corrected chi connectivity index (χ4v) is 1.85. The van der Waals surface area contributed by atoms with Crippen LogP contribution in [0.5, 0.6) is 0 Å². The lowest BCUT2D eigenvalue weighted by Crippen LogP contribution is -2.25. The Kier molecular flexibility index (Phi) is 4.50. The Morgan fingerprint density at radius 1 is 1.21 bits per heavy atom. The Bertz CT molecular complexity index is 540. The van der Waals surface area contributed by atoms with Crippen LogP contribution in [0.4, 0.5) is 5.69 Å². The molecule has 0 spiro atoms. The maximum atomic E-state index is 11.9. The van der Waals surface area contributed by atoms with Crippen LogP contribution in [-0.4, -0.2) is 17.4 Å². The number of aryl methyl sites for hydroxylation is 1. The molecule has 4 heteroatoms. The van der Waals surface area contributed by atoms with Gasteiger partial charge in [-0.05, 0) is 24.5 Å². The van der Waals surface area contributed by atoms with Gasteiger partial charge in [0.25, 0.3) is 5.91 Å². The highest BCUT2D eigenvalue weighted by Gasteiger charge is 2.07. The zero-order valence-corrected chi connectivity index (χ0v) is 10.7. The topological polar surface area (TPSA) is 68.0 Å². The number of pyridine rings is 1. The van der Waals surface area contributed by atoms with Crippen molar-refractivity contribution in [2.75, 3.05) is 12.3 Å². The molecule has 0 saturated heterocycles. The lowest BCUT2D eigenvalue weighted by atomic mass is 10.1. The van der Waals surface area contributed by atoms with E-state index in [4.69, 9.17) is 5.73 Å². The summed E-state index contributed by atoms with van der Waals surface area (Å²) in [6.45, 7) is 0.634. The molecule has 0 atom stereocenters. The number of carbonyl (C=O) groups excluding carboxylic acids is 1. The van der Waals surface area contributed by atoms with Crippen LogP contribution in [0.15, 0.2) is 48.8 Å². The number of nitrogens with two attached hydrogens (primary N) is 1. The summed E-state index contributed by atoms with van der Waals surface area (Å²) in [6, 6.07) is 11.8. The van der Waals surface area contributed by atoms with Gasteiger partial charge in [-0.1, -0.05) is 30.3 Å². The second kappa shape index (κ2) is 6.54. The number of hydrogen-bond acceptors (Lipinski definition) is 3. The molecule has 4 nitrogen and oxygen atoms in total. The van der Waals surface area contributed by atoms with Gasteiger partial charge in [0.05, 0.1) is 17.4 Å². The predicted octanol–water partition coefficient (Wildman–Crippen LogP) is 2.03. The molecule has 1 aromatic carbocycles. The third kappa shape index (κ3) is 3.81. The Hall–Kier alpha value is -2.36. The van der Waals surface area contributed by atoms with Crippen molar-refractivity contribution in [1.29, 1.82) is 0 Å². The van der Waals surface area contributed by atoms with Gasteiger partial charge in [0.1, 0.15) is 0 Å². The molecule has 1 heterocycles. The first kappa shape index (κ1) is 13.1. The minimum absolute atomic E-state index is 0.145. The zero-order valence-electron chi connectivity index (χ0n) is 10.7. The highest BCUT2D eigenvalue weighted by Crippen LogP contribution is 2.08. The summed E-state index contributed by atoms with van der Waals surface area (Å²) in [5.74, 6) is -0.145. The number of amides is 1. The number of anilines is 1. The number of carbonyl (C=O) groups is 1. The van der Waals surface area contributed by atoms with Crippen LogP contribution >= 0.6 is 0 Å². The van der Waals surface area contributed by atoms with Gasteiger partial charge in [-0.15, -0.1) is 0 Å². The van der Waals surface area contributed by atoms with Gasteiger partial charge in [0.15, 0.2) is 0 Å². The van der Waals surface area contributed by atoms with E-state index in [2.05, 4.69) is 22.4 Å². The maximum Gasteiger partial charge on any atom is 0.253 e. The molecule has 3 N–H and O–H groups in total. The first-order valence-corrected chi connectivity index (χ1v) is 6.29. The summed E-state index contributed by atoms with van der Waals surface area (Å²) < 4.78 is 0. The zero-order chi connectivity index (χ0) is 13.5. The molecule has 2 rings (SSSR count). The van der Waals surface area contributed by atoms with E-state index in [1.54, 1.807) is 12.3 Å². The summed E-state index contributed by atoms with van der Waals surface area (Å²) >= 11 is 0. The van der Waals surface area contributed by atoms with E-state index in [0.717, 1.165) is 12.8 Å². The molecule has 0 fully saturated rings. The number of nitrogens with zero attached hydrogens (tertiary/aromatic N) is 1. The lowest BCUT2D eigenvalue weighted by molar-refractivity contribution is 0.0954. The Morgan fingerprint density at radius 3 is 2.74 bits per heavy atom. The van der Waals surface area contributed by atoms with Crippen molar-refractivity contribution in [3.05, 3.63) is 59.9 Å². The Balaban J connectivity index is 1.77. The molecular formula is C15H17N3O. The number of benzene rings is 1. The standard InChI is InChI=1S/C15H17N3O/c16-14-11-17-10-8-13(14)15(19)18-9-4-7-12-5-2-1-3-6-12/h1-3,5-6,8,10-11H,4,7,9,16H2,(H,18,19). The fraction of sp³-hybridized carbons (Fsp3) is 0.200. The van der Waals surface area contributed by atoms with Gasteiger partial charge in [0.2, 0.25) is 0 Å². The Morgan fingerprint density at radius 2 is 2.00 bits per heavy atom. The molecule has 0 bridgehead atoms. The van der Waals surface area contributed by atoms with Crippen molar-refractivity contribution in [2.24, 2.45) is 0 Å². The van der Waals surface area contributed by atoms with Crippen molar-refractivity contribution in [1.82, 2.24) is 10.3 Å². The number of nitrogens with one attached hydrogen (secondary N) is 1. The molecule has 0 saturated carbocycles. The van der Waals surface area contributed by atoms with Crippen molar-refractivity contribution < 1.29 is 4.79 Å². The second-order valence-electron chi connectivity index (χ2n) is 4.31. The molecular weight excluding hydrogens is 238 g/mol. The predicted molar refractivity (Wildman–Crippen MR) is 75.7 cm³/mol. The van der Waals surface area contributed by atoms with Crippen LogP contribution in [0.25, 0.3) is 0 Å². The number of rotatable bonds is 5. The molecule has 0 unspecified atom stereocenters. The third-order valence-corrected chi connectivity index (χ3v) is 2.87. The minimum Gasteiger partial charge on any atom is -0.397 e. The van der Waals surface area contributed by atoms with E-state index in [0.29, 0.717) is 17.8 Å². The van der Waals surface area contributed by atoms with Gasteiger partial charge in [-0.3, -0.25) is 9.78 Å². The van der Waals surface area contributed by atoms with E-state index >= 15 is 0 Å². The largest absolute Gasteiger partial charge is 0.397 e. The van der Waals surface area contributed by atoms with Crippen LogP contribution in [-0.2, 0) is 6.42 Å². The highest BCUT2D eigenvalue weighted by atomic mass is 16.1.